The van der Waals surface area contributed by atoms with Gasteiger partial charge >= 0.3 is 18.2 Å². The number of benzene rings is 2. The molecule has 2 aromatic rings. The van der Waals surface area contributed by atoms with E-state index in [2.05, 4.69) is 5.32 Å². The summed E-state index contributed by atoms with van der Waals surface area (Å²) in [7, 11) is 0. The summed E-state index contributed by atoms with van der Waals surface area (Å²) < 4.78 is 45.7. The minimum absolute atomic E-state index is 0.0531. The van der Waals surface area contributed by atoms with E-state index in [1.54, 1.807) is 5.32 Å². The normalized spacial score (nSPS) is 19.5. The van der Waals surface area contributed by atoms with Gasteiger partial charge in [0, 0.05) is 12.0 Å². The van der Waals surface area contributed by atoms with E-state index in [1.807, 2.05) is 48.5 Å². The zero-order valence-electron chi connectivity index (χ0n) is 18.4. The summed E-state index contributed by atoms with van der Waals surface area (Å²) in [6.45, 7) is -0.167. The maximum atomic E-state index is 13.5. The summed E-state index contributed by atoms with van der Waals surface area (Å²) in [4.78, 5) is 35.4. The van der Waals surface area contributed by atoms with Crippen LogP contribution in [-0.4, -0.2) is 47.9 Å². The molecule has 2 aromatic carbocycles. The Bertz CT molecular complexity index is 1120. The number of hydrogen-bond acceptors (Lipinski definition) is 4. The highest BCUT2D eigenvalue weighted by Crippen LogP contribution is 2.44. The van der Waals surface area contributed by atoms with Gasteiger partial charge in [-0.2, -0.15) is 13.2 Å². The van der Waals surface area contributed by atoms with Crippen LogP contribution in [0.25, 0.3) is 11.1 Å². The van der Waals surface area contributed by atoms with E-state index in [0.717, 1.165) is 22.3 Å². The number of fused-ring (bicyclic) bond motifs is 3. The van der Waals surface area contributed by atoms with Gasteiger partial charge < -0.3 is 20.5 Å². The van der Waals surface area contributed by atoms with Crippen LogP contribution >= 0.6 is 0 Å². The molecule has 0 radical (unpaired) electrons. The Morgan fingerprint density at radius 2 is 1.60 bits per heavy atom. The summed E-state index contributed by atoms with van der Waals surface area (Å²) in [6.07, 6.45) is -4.37. The molecule has 0 fully saturated rings. The Kier molecular flexibility index (Phi) is 6.81. The predicted octanol–water partition coefficient (Wildman–Crippen LogP) is 3.99. The van der Waals surface area contributed by atoms with Gasteiger partial charge in [0.05, 0.1) is 12.3 Å². The Hall–Kier alpha value is -3.82. The second-order valence-electron chi connectivity index (χ2n) is 8.51. The Labute approximate surface area is 199 Å². The van der Waals surface area contributed by atoms with E-state index in [1.165, 1.54) is 12.2 Å². The number of carbonyl (C=O) groups excluding carboxylic acids is 2. The number of carbonyl (C=O) groups is 3. The summed E-state index contributed by atoms with van der Waals surface area (Å²) in [6, 6.07) is 11.9. The van der Waals surface area contributed by atoms with Gasteiger partial charge in [0.2, 0.25) is 5.91 Å². The maximum Gasteiger partial charge on any atom is 0.409 e. The molecule has 0 bridgehead atoms. The molecule has 0 aromatic heterocycles. The van der Waals surface area contributed by atoms with Crippen LogP contribution < -0.4 is 10.6 Å². The lowest BCUT2D eigenvalue weighted by Gasteiger charge is -2.22. The molecule has 0 saturated heterocycles. The highest BCUT2D eigenvalue weighted by Gasteiger charge is 2.43. The van der Waals surface area contributed by atoms with E-state index in [-0.39, 0.29) is 18.9 Å². The Morgan fingerprint density at radius 3 is 2.14 bits per heavy atom. The molecule has 184 valence electrons. The van der Waals surface area contributed by atoms with Gasteiger partial charge in [-0.15, -0.1) is 0 Å². The minimum Gasteiger partial charge on any atom is -0.481 e. The predicted molar refractivity (Wildman–Crippen MR) is 119 cm³/mol. The third-order valence-electron chi connectivity index (χ3n) is 6.17. The van der Waals surface area contributed by atoms with Gasteiger partial charge in [0.25, 0.3) is 0 Å². The number of ether oxygens (including phenoxy) is 1. The van der Waals surface area contributed by atoms with Gasteiger partial charge in [-0.1, -0.05) is 60.7 Å². The maximum absolute atomic E-state index is 13.5. The highest BCUT2D eigenvalue weighted by molar-refractivity contribution is 5.80. The topological polar surface area (TPSA) is 105 Å². The largest absolute Gasteiger partial charge is 0.481 e. The van der Waals surface area contributed by atoms with E-state index in [4.69, 9.17) is 9.84 Å². The Morgan fingerprint density at radius 1 is 1.00 bits per heavy atom. The van der Waals surface area contributed by atoms with Crippen LogP contribution in [0.1, 0.15) is 29.9 Å². The lowest BCUT2D eigenvalue weighted by molar-refractivity contribution is -0.160. The first-order valence-electron chi connectivity index (χ1n) is 11.0. The van der Waals surface area contributed by atoms with Crippen LogP contribution in [0.5, 0.6) is 0 Å². The third kappa shape index (κ3) is 5.47. The number of amides is 2. The van der Waals surface area contributed by atoms with Gasteiger partial charge in [0.1, 0.15) is 12.6 Å². The zero-order valence-corrected chi connectivity index (χ0v) is 18.4. The van der Waals surface area contributed by atoms with Gasteiger partial charge in [-0.05, 0) is 28.7 Å². The molecule has 2 amide bonds. The van der Waals surface area contributed by atoms with Crippen LogP contribution in [0.2, 0.25) is 0 Å². The standard InChI is InChI=1S/C25H23F3N2O5/c26-25(27,28)21(12-22(31)29-15-10-9-14(11-15)23(32)33)30-24(34)35-13-20-18-7-3-1-5-16(18)17-6-2-4-8-19(17)20/h1-10,14-15,20-21H,11-13H2,(H,29,31)(H,30,34)(H,32,33). The zero-order chi connectivity index (χ0) is 25.2. The molecule has 10 heteroatoms. The van der Waals surface area contributed by atoms with Crippen LogP contribution in [0.4, 0.5) is 18.0 Å². The number of rotatable bonds is 7. The summed E-state index contributed by atoms with van der Waals surface area (Å²) in [5.41, 5.74) is 3.79. The first-order valence-corrected chi connectivity index (χ1v) is 11.0. The number of carboxylic acid groups (broad SMARTS) is 1. The molecule has 7 nitrogen and oxygen atoms in total. The average molecular weight is 488 g/mol. The van der Waals surface area contributed by atoms with Gasteiger partial charge in [-0.3, -0.25) is 9.59 Å². The quantitative estimate of drug-likeness (QED) is 0.512. The van der Waals surface area contributed by atoms with Crippen molar-refractivity contribution in [3.05, 3.63) is 71.8 Å². The smallest absolute Gasteiger partial charge is 0.409 e. The van der Waals surface area contributed by atoms with Crippen LogP contribution in [0.15, 0.2) is 60.7 Å². The first kappa shape index (κ1) is 24.3. The lowest BCUT2D eigenvalue weighted by atomic mass is 9.98. The van der Waals surface area contributed by atoms with Crippen molar-refractivity contribution in [3.8, 4) is 11.1 Å². The summed E-state index contributed by atoms with van der Waals surface area (Å²) >= 11 is 0. The molecule has 3 atom stereocenters. The van der Waals surface area contributed by atoms with Crippen molar-refractivity contribution in [2.45, 2.75) is 37.0 Å². The SMILES string of the molecule is O=C(CC(NC(=O)OCC1c2ccccc2-c2ccccc21)C(F)(F)F)NC1C=CC(C(=O)O)C1. The fourth-order valence-electron chi connectivity index (χ4n) is 4.47. The second kappa shape index (κ2) is 9.81. The molecular weight excluding hydrogens is 465 g/mol. The molecule has 2 aliphatic carbocycles. The van der Waals surface area contributed by atoms with E-state index >= 15 is 0 Å². The van der Waals surface area contributed by atoms with Crippen molar-refractivity contribution < 1.29 is 37.4 Å². The lowest BCUT2D eigenvalue weighted by Crippen LogP contribution is -2.49. The number of alkyl carbamates (subject to hydrolysis) is 1. The molecule has 35 heavy (non-hydrogen) atoms. The molecule has 0 spiro atoms. The molecule has 3 unspecified atom stereocenters. The van der Waals surface area contributed by atoms with Crippen LogP contribution in [0.3, 0.4) is 0 Å². The van der Waals surface area contributed by atoms with E-state index in [0.29, 0.717) is 0 Å². The highest BCUT2D eigenvalue weighted by atomic mass is 19.4. The molecule has 0 saturated carbocycles. The fourth-order valence-corrected chi connectivity index (χ4v) is 4.47. The number of hydrogen-bond donors (Lipinski definition) is 3. The van der Waals surface area contributed by atoms with Crippen molar-refractivity contribution in [3.63, 3.8) is 0 Å². The van der Waals surface area contributed by atoms with Crippen molar-refractivity contribution >= 4 is 18.0 Å². The molecule has 0 aliphatic heterocycles. The van der Waals surface area contributed by atoms with E-state index < -0.39 is 48.6 Å². The van der Waals surface area contributed by atoms with Crippen molar-refractivity contribution in [1.82, 2.24) is 10.6 Å². The Balaban J connectivity index is 1.35. The fraction of sp³-hybridized carbons (Fsp3) is 0.320. The minimum atomic E-state index is -4.89. The third-order valence-corrected chi connectivity index (χ3v) is 6.17. The molecular formula is C25H23F3N2O5. The average Bonchev–Trinajstić information content (AvgIpc) is 3.39. The number of halogens is 3. The van der Waals surface area contributed by atoms with Crippen LogP contribution in [-0.2, 0) is 14.3 Å². The first-order chi connectivity index (χ1) is 16.6. The van der Waals surface area contributed by atoms with Gasteiger partial charge in [-0.25, -0.2) is 4.79 Å². The van der Waals surface area contributed by atoms with Gasteiger partial charge in [0.15, 0.2) is 0 Å². The number of aliphatic carboxylic acids is 1. The van der Waals surface area contributed by atoms with Crippen molar-refractivity contribution in [2.75, 3.05) is 6.61 Å². The van der Waals surface area contributed by atoms with Crippen molar-refractivity contribution in [2.24, 2.45) is 5.92 Å². The van der Waals surface area contributed by atoms with Crippen molar-refractivity contribution in [1.29, 1.82) is 0 Å². The van der Waals surface area contributed by atoms with E-state index in [9.17, 15) is 27.6 Å². The number of alkyl halides is 3. The molecule has 0 heterocycles. The van der Waals surface area contributed by atoms with Crippen LogP contribution in [0, 0.1) is 5.92 Å². The molecule has 3 N–H and O–H groups in total. The number of nitrogens with one attached hydrogen (secondary N) is 2. The second-order valence-corrected chi connectivity index (χ2v) is 8.51. The summed E-state index contributed by atoms with van der Waals surface area (Å²) in [5.74, 6) is -3.18. The monoisotopic (exact) mass is 488 g/mol. The summed E-state index contributed by atoms with van der Waals surface area (Å²) in [5, 5.41) is 13.1. The molecule has 2 aliphatic rings. The number of carboxylic acids is 1. The molecule has 4 rings (SSSR count).